The summed E-state index contributed by atoms with van der Waals surface area (Å²) in [6.45, 7) is -0.121. The highest BCUT2D eigenvalue weighted by molar-refractivity contribution is 7.99. The number of benzene rings is 2. The number of hydrogen-bond donors (Lipinski definition) is 3. The van der Waals surface area contributed by atoms with Gasteiger partial charge in [0.2, 0.25) is 5.91 Å². The highest BCUT2D eigenvalue weighted by Gasteiger charge is 2.08. The lowest BCUT2D eigenvalue weighted by Gasteiger charge is -2.09. The lowest BCUT2D eigenvalue weighted by Crippen LogP contribution is -2.37. The van der Waals surface area contributed by atoms with Gasteiger partial charge in [-0.1, -0.05) is 30.0 Å². The lowest BCUT2D eigenvalue weighted by atomic mass is 10.3. The lowest BCUT2D eigenvalue weighted by molar-refractivity contribution is -0.118. The van der Waals surface area contributed by atoms with Crippen molar-refractivity contribution in [3.05, 3.63) is 54.6 Å². The summed E-state index contributed by atoms with van der Waals surface area (Å²) in [5.74, 6) is -2.99. The van der Waals surface area contributed by atoms with E-state index in [9.17, 15) is 18.4 Å². The van der Waals surface area contributed by atoms with Gasteiger partial charge in [-0.25, -0.2) is 4.79 Å². The quantitative estimate of drug-likeness (QED) is 0.693. The predicted molar refractivity (Wildman–Crippen MR) is 90.4 cm³/mol. The third kappa shape index (κ3) is 6.25. The van der Waals surface area contributed by atoms with Gasteiger partial charge in [-0.15, -0.1) is 0 Å². The Morgan fingerprint density at radius 1 is 0.958 bits per heavy atom. The molecule has 0 aliphatic rings. The number of carbonyl (C=O) groups excluding carboxylic acids is 2. The van der Waals surface area contributed by atoms with Crippen LogP contribution in [0.25, 0.3) is 0 Å². The summed E-state index contributed by atoms with van der Waals surface area (Å²) in [4.78, 5) is 23.8. The van der Waals surface area contributed by atoms with Crippen molar-refractivity contribution in [2.75, 3.05) is 17.2 Å². The van der Waals surface area contributed by atoms with E-state index in [-0.39, 0.29) is 6.54 Å². The van der Waals surface area contributed by atoms with Crippen molar-refractivity contribution in [3.8, 4) is 0 Å². The van der Waals surface area contributed by atoms with Crippen LogP contribution in [0.2, 0.25) is 0 Å². The first-order valence-corrected chi connectivity index (χ1v) is 7.85. The maximum Gasteiger partial charge on any atom is 0.325 e. The molecule has 8 heteroatoms. The maximum atomic E-state index is 12.2. The molecule has 0 heterocycles. The minimum absolute atomic E-state index is 0.121. The Balaban J connectivity index is 1.75. The number of halogens is 2. The molecule has 0 saturated heterocycles. The molecule has 0 bridgehead atoms. The average Bonchev–Trinajstić information content (AvgIpc) is 2.54. The highest BCUT2D eigenvalue weighted by Crippen LogP contribution is 2.26. The van der Waals surface area contributed by atoms with Crippen molar-refractivity contribution in [2.45, 2.75) is 10.7 Å². The van der Waals surface area contributed by atoms with Crippen LogP contribution in [0.5, 0.6) is 0 Å². The molecule has 0 unspecified atom stereocenters. The third-order valence-corrected chi connectivity index (χ3v) is 3.54. The van der Waals surface area contributed by atoms with Crippen molar-refractivity contribution in [3.63, 3.8) is 0 Å². The molecule has 0 aliphatic heterocycles. The van der Waals surface area contributed by atoms with Gasteiger partial charge in [-0.3, -0.25) is 10.1 Å². The Kier molecular flexibility index (Phi) is 6.56. The number of imide groups is 1. The zero-order chi connectivity index (χ0) is 17.4. The first-order chi connectivity index (χ1) is 11.5. The van der Waals surface area contributed by atoms with Crippen LogP contribution >= 0.6 is 11.8 Å². The molecule has 3 amide bonds. The van der Waals surface area contributed by atoms with Gasteiger partial charge in [0.05, 0.1) is 6.54 Å². The zero-order valence-corrected chi connectivity index (χ0v) is 13.3. The van der Waals surface area contributed by atoms with Crippen molar-refractivity contribution < 1.29 is 18.4 Å². The number of thioether (sulfide) groups is 1. The number of rotatable bonds is 6. The fraction of sp³-hybridized carbons (Fsp3) is 0.125. The zero-order valence-electron chi connectivity index (χ0n) is 12.5. The Hall–Kier alpha value is -2.61. The average molecular weight is 351 g/mol. The van der Waals surface area contributed by atoms with E-state index in [4.69, 9.17) is 0 Å². The van der Waals surface area contributed by atoms with E-state index >= 15 is 0 Å². The fourth-order valence-corrected chi connectivity index (χ4v) is 2.29. The molecule has 3 N–H and O–H groups in total. The smallest absolute Gasteiger partial charge is 0.325 e. The summed E-state index contributed by atoms with van der Waals surface area (Å²) in [5.41, 5.74) is 1.16. The summed E-state index contributed by atoms with van der Waals surface area (Å²) >= 11 is 0.447. The molecule has 0 aliphatic carbocycles. The minimum Gasteiger partial charge on any atom is -0.376 e. The van der Waals surface area contributed by atoms with Gasteiger partial charge in [-0.2, -0.15) is 8.78 Å². The normalized spacial score (nSPS) is 10.3. The van der Waals surface area contributed by atoms with Gasteiger partial charge < -0.3 is 10.6 Å². The molecule has 126 valence electrons. The van der Waals surface area contributed by atoms with Crippen molar-refractivity contribution >= 4 is 35.1 Å². The van der Waals surface area contributed by atoms with E-state index in [1.54, 1.807) is 36.4 Å². The fourth-order valence-electron chi connectivity index (χ4n) is 1.79. The molecular weight excluding hydrogens is 336 g/mol. The Morgan fingerprint density at radius 2 is 1.62 bits per heavy atom. The Morgan fingerprint density at radius 3 is 2.25 bits per heavy atom. The third-order valence-electron chi connectivity index (χ3n) is 2.82. The van der Waals surface area contributed by atoms with E-state index in [1.165, 1.54) is 12.1 Å². The van der Waals surface area contributed by atoms with Crippen LogP contribution in [0, 0.1) is 0 Å². The molecular formula is C16H15F2N3O2S. The van der Waals surface area contributed by atoms with Crippen molar-refractivity contribution in [2.24, 2.45) is 0 Å². The number of anilines is 2. The molecule has 2 aromatic rings. The number of para-hydroxylation sites is 1. The van der Waals surface area contributed by atoms with Crippen LogP contribution in [-0.2, 0) is 4.79 Å². The Bertz CT molecular complexity index is 681. The molecule has 0 aromatic heterocycles. The first-order valence-electron chi connectivity index (χ1n) is 6.97. The second-order valence-electron chi connectivity index (χ2n) is 4.62. The molecule has 2 rings (SSSR count). The molecule has 0 radical (unpaired) electrons. The van der Waals surface area contributed by atoms with Crippen LogP contribution in [0.15, 0.2) is 59.5 Å². The number of amides is 3. The van der Waals surface area contributed by atoms with E-state index in [0.29, 0.717) is 28.0 Å². The van der Waals surface area contributed by atoms with Crippen molar-refractivity contribution in [1.82, 2.24) is 5.32 Å². The SMILES string of the molecule is O=C(CNc1ccc(SC(F)F)cc1)NC(=O)Nc1ccccc1. The van der Waals surface area contributed by atoms with Crippen molar-refractivity contribution in [1.29, 1.82) is 0 Å². The van der Waals surface area contributed by atoms with E-state index in [2.05, 4.69) is 16.0 Å². The van der Waals surface area contributed by atoms with Crippen LogP contribution in [0.3, 0.4) is 0 Å². The van der Waals surface area contributed by atoms with Gasteiger partial charge in [0.1, 0.15) is 0 Å². The number of carbonyl (C=O) groups is 2. The summed E-state index contributed by atoms with van der Waals surface area (Å²) in [6.07, 6.45) is 0. The van der Waals surface area contributed by atoms with Crippen LogP contribution < -0.4 is 16.0 Å². The van der Waals surface area contributed by atoms with Gasteiger partial charge in [0.15, 0.2) is 0 Å². The van der Waals surface area contributed by atoms with Crippen LogP contribution in [-0.4, -0.2) is 24.2 Å². The van der Waals surface area contributed by atoms with Gasteiger partial charge in [0.25, 0.3) is 5.76 Å². The van der Waals surface area contributed by atoms with Gasteiger partial charge >= 0.3 is 6.03 Å². The summed E-state index contributed by atoms with van der Waals surface area (Å²) < 4.78 is 24.4. The highest BCUT2D eigenvalue weighted by atomic mass is 32.2. The first kappa shape index (κ1) is 17.7. The monoisotopic (exact) mass is 351 g/mol. The summed E-state index contributed by atoms with van der Waals surface area (Å²) in [5, 5.41) is 7.51. The Labute approximate surface area is 141 Å². The largest absolute Gasteiger partial charge is 0.376 e. The number of alkyl halides is 2. The van der Waals surface area contributed by atoms with E-state index in [1.807, 2.05) is 6.07 Å². The molecule has 0 saturated carbocycles. The maximum absolute atomic E-state index is 12.2. The summed E-state index contributed by atoms with van der Waals surface area (Å²) in [6, 6.07) is 14.3. The topological polar surface area (TPSA) is 70.2 Å². The second-order valence-corrected chi connectivity index (χ2v) is 5.69. The molecule has 24 heavy (non-hydrogen) atoms. The number of nitrogens with one attached hydrogen (secondary N) is 3. The van der Waals surface area contributed by atoms with Gasteiger partial charge in [-0.05, 0) is 36.4 Å². The molecule has 0 atom stereocenters. The standard InChI is InChI=1S/C16H15F2N3O2S/c17-15(18)24-13-8-6-11(7-9-13)19-10-14(22)21-16(23)20-12-4-2-1-3-5-12/h1-9,15,19H,10H2,(H2,20,21,22,23). The van der Waals surface area contributed by atoms with Crippen LogP contribution in [0.4, 0.5) is 25.0 Å². The second kappa shape index (κ2) is 8.88. The summed E-state index contributed by atoms with van der Waals surface area (Å²) in [7, 11) is 0. The molecule has 0 fully saturated rings. The van der Waals surface area contributed by atoms with Gasteiger partial charge in [0, 0.05) is 16.3 Å². The number of urea groups is 1. The predicted octanol–water partition coefficient (Wildman–Crippen LogP) is 3.76. The van der Waals surface area contributed by atoms with Crippen LogP contribution in [0.1, 0.15) is 0 Å². The molecule has 5 nitrogen and oxygen atoms in total. The van der Waals surface area contributed by atoms with E-state index < -0.39 is 17.7 Å². The van der Waals surface area contributed by atoms with E-state index in [0.717, 1.165) is 0 Å². The molecule has 2 aromatic carbocycles. The molecule has 0 spiro atoms. The number of hydrogen-bond acceptors (Lipinski definition) is 4. The minimum atomic E-state index is -2.47.